The van der Waals surface area contributed by atoms with Crippen LogP contribution in [0.5, 0.6) is 5.88 Å². The van der Waals surface area contributed by atoms with Crippen LogP contribution in [0, 0.1) is 12.8 Å². The van der Waals surface area contributed by atoms with E-state index in [0.29, 0.717) is 24.9 Å². The molecule has 0 spiro atoms. The van der Waals surface area contributed by atoms with E-state index >= 15 is 0 Å². The molecule has 7 heteroatoms. The highest BCUT2D eigenvalue weighted by Crippen LogP contribution is 2.41. The Labute approximate surface area is 145 Å². The molecule has 0 aliphatic heterocycles. The summed E-state index contributed by atoms with van der Waals surface area (Å²) in [7, 11) is 0. The summed E-state index contributed by atoms with van der Waals surface area (Å²) < 4.78 is 5.37. The van der Waals surface area contributed by atoms with Crippen LogP contribution in [-0.2, 0) is 6.54 Å². The van der Waals surface area contributed by atoms with Crippen LogP contribution in [0.2, 0.25) is 0 Å². The zero-order valence-electron chi connectivity index (χ0n) is 13.9. The van der Waals surface area contributed by atoms with Crippen LogP contribution in [0.3, 0.4) is 0 Å². The van der Waals surface area contributed by atoms with E-state index < -0.39 is 0 Å². The van der Waals surface area contributed by atoms with Crippen LogP contribution in [-0.4, -0.2) is 22.6 Å². The molecule has 1 aliphatic rings. The van der Waals surface area contributed by atoms with Crippen LogP contribution in [0.4, 0.5) is 4.79 Å². The van der Waals surface area contributed by atoms with E-state index in [2.05, 4.69) is 20.6 Å². The number of aromatic nitrogens is 2. The normalized spacial score (nSPS) is 14.9. The van der Waals surface area contributed by atoms with Gasteiger partial charge >= 0.3 is 6.03 Å². The van der Waals surface area contributed by atoms with Crippen molar-refractivity contribution in [2.24, 2.45) is 5.92 Å². The highest BCUT2D eigenvalue weighted by atomic mass is 32.1. The van der Waals surface area contributed by atoms with Gasteiger partial charge in [-0.05, 0) is 44.2 Å². The Bertz CT molecular complexity index is 699. The number of ether oxygens (including phenoxy) is 1. The Morgan fingerprint density at radius 2 is 2.33 bits per heavy atom. The molecule has 0 bridgehead atoms. The smallest absolute Gasteiger partial charge is 0.315 e. The summed E-state index contributed by atoms with van der Waals surface area (Å²) in [5, 5.41) is 8.99. The first-order chi connectivity index (χ1) is 11.7. The number of urea groups is 1. The topological polar surface area (TPSA) is 76.1 Å². The summed E-state index contributed by atoms with van der Waals surface area (Å²) in [4.78, 5) is 20.9. The van der Waals surface area contributed by atoms with Gasteiger partial charge in [0.15, 0.2) is 0 Å². The number of nitrogens with one attached hydrogen (secondary N) is 2. The van der Waals surface area contributed by atoms with E-state index in [4.69, 9.17) is 4.74 Å². The maximum atomic E-state index is 12.3. The number of carbonyl (C=O) groups is 1. The molecule has 0 unspecified atom stereocenters. The molecule has 1 aliphatic carbocycles. The van der Waals surface area contributed by atoms with Gasteiger partial charge in [-0.3, -0.25) is 0 Å². The van der Waals surface area contributed by atoms with Crippen molar-refractivity contribution < 1.29 is 9.53 Å². The van der Waals surface area contributed by atoms with Crippen LogP contribution >= 0.6 is 11.3 Å². The van der Waals surface area contributed by atoms with Crippen LogP contribution in [0.1, 0.15) is 42.1 Å². The van der Waals surface area contributed by atoms with Crippen molar-refractivity contribution in [3.8, 4) is 5.88 Å². The molecule has 6 nitrogen and oxygen atoms in total. The predicted molar refractivity (Wildman–Crippen MR) is 93.1 cm³/mol. The van der Waals surface area contributed by atoms with Crippen molar-refractivity contribution in [1.82, 2.24) is 20.6 Å². The van der Waals surface area contributed by atoms with Gasteiger partial charge in [-0.25, -0.2) is 14.8 Å². The van der Waals surface area contributed by atoms with Crippen LogP contribution < -0.4 is 15.4 Å². The van der Waals surface area contributed by atoms with Crippen molar-refractivity contribution in [1.29, 1.82) is 0 Å². The van der Waals surface area contributed by atoms with Gasteiger partial charge in [0.25, 0.3) is 0 Å². The van der Waals surface area contributed by atoms with E-state index in [9.17, 15) is 4.79 Å². The summed E-state index contributed by atoms with van der Waals surface area (Å²) in [6.45, 7) is 4.89. The molecule has 0 saturated heterocycles. The van der Waals surface area contributed by atoms with Gasteiger partial charge in [-0.2, -0.15) is 0 Å². The quantitative estimate of drug-likeness (QED) is 0.807. The molecule has 2 N–H and O–H groups in total. The van der Waals surface area contributed by atoms with E-state index in [1.165, 1.54) is 0 Å². The summed E-state index contributed by atoms with van der Waals surface area (Å²) in [6, 6.07) is 3.55. The van der Waals surface area contributed by atoms with Gasteiger partial charge < -0.3 is 15.4 Å². The van der Waals surface area contributed by atoms with Gasteiger partial charge in [0.1, 0.15) is 5.01 Å². The minimum absolute atomic E-state index is 0.0140. The van der Waals surface area contributed by atoms with Crippen molar-refractivity contribution in [2.45, 2.75) is 39.3 Å². The molecular weight excluding hydrogens is 324 g/mol. The van der Waals surface area contributed by atoms with Crippen molar-refractivity contribution >= 4 is 17.4 Å². The van der Waals surface area contributed by atoms with Crippen molar-refractivity contribution in [3.05, 3.63) is 40.0 Å². The maximum absolute atomic E-state index is 12.3. The fourth-order valence-corrected chi connectivity index (χ4v) is 3.43. The Morgan fingerprint density at radius 1 is 1.50 bits per heavy atom. The second kappa shape index (κ2) is 7.61. The molecule has 2 aromatic rings. The molecule has 1 saturated carbocycles. The number of nitrogens with zero attached hydrogens (tertiary/aromatic N) is 2. The summed E-state index contributed by atoms with van der Waals surface area (Å²) in [6.07, 6.45) is 3.97. The number of pyridine rings is 1. The fraction of sp³-hybridized carbons (Fsp3) is 0.471. The van der Waals surface area contributed by atoms with E-state index in [1.54, 1.807) is 17.5 Å². The molecule has 1 fully saturated rings. The summed E-state index contributed by atoms with van der Waals surface area (Å²) in [5.41, 5.74) is 1.96. The minimum Gasteiger partial charge on any atom is -0.478 e. The Balaban J connectivity index is 1.55. The highest BCUT2D eigenvalue weighted by Gasteiger charge is 2.35. The number of aryl methyl sites for hydroxylation is 1. The number of carbonyl (C=O) groups excluding carboxylic acids is 1. The average Bonchev–Trinajstić information content (AvgIpc) is 3.32. The van der Waals surface area contributed by atoms with E-state index in [1.807, 2.05) is 31.4 Å². The summed E-state index contributed by atoms with van der Waals surface area (Å²) >= 11 is 1.61. The molecule has 0 radical (unpaired) electrons. The molecule has 2 heterocycles. The zero-order chi connectivity index (χ0) is 16.9. The lowest BCUT2D eigenvalue weighted by Gasteiger charge is -2.16. The van der Waals surface area contributed by atoms with Gasteiger partial charge in [0, 0.05) is 29.9 Å². The SMILES string of the molecule is CCOc1cc(CNC(=O)N[C@@H](c2nc(C)cs2)C2CC2)ccn1. The first-order valence-electron chi connectivity index (χ1n) is 8.20. The lowest BCUT2D eigenvalue weighted by Crippen LogP contribution is -2.38. The molecule has 2 amide bonds. The van der Waals surface area contributed by atoms with Crippen molar-refractivity contribution in [2.75, 3.05) is 6.61 Å². The number of amides is 2. The fourth-order valence-electron chi connectivity index (χ4n) is 2.49. The van der Waals surface area contributed by atoms with Gasteiger partial charge in [0.05, 0.1) is 12.6 Å². The Kier molecular flexibility index (Phi) is 5.30. The molecule has 1 atom stereocenters. The van der Waals surface area contributed by atoms with E-state index in [-0.39, 0.29) is 12.1 Å². The Morgan fingerprint density at radius 3 is 3.00 bits per heavy atom. The number of hydrogen-bond acceptors (Lipinski definition) is 5. The van der Waals surface area contributed by atoms with Crippen LogP contribution in [0.15, 0.2) is 23.7 Å². The van der Waals surface area contributed by atoms with Crippen LogP contribution in [0.25, 0.3) is 0 Å². The number of hydrogen-bond donors (Lipinski definition) is 2. The van der Waals surface area contributed by atoms with Gasteiger partial charge in [0.2, 0.25) is 5.88 Å². The predicted octanol–water partition coefficient (Wildman–Crippen LogP) is 3.20. The third-order valence-electron chi connectivity index (χ3n) is 3.83. The zero-order valence-corrected chi connectivity index (χ0v) is 14.7. The number of rotatable bonds is 7. The van der Waals surface area contributed by atoms with E-state index in [0.717, 1.165) is 29.1 Å². The lowest BCUT2D eigenvalue weighted by atomic mass is 10.2. The molecular formula is C17H22N4O2S. The molecule has 128 valence electrons. The molecule has 2 aromatic heterocycles. The molecule has 0 aromatic carbocycles. The first kappa shape index (κ1) is 16.7. The molecule has 24 heavy (non-hydrogen) atoms. The lowest BCUT2D eigenvalue weighted by molar-refractivity contribution is 0.235. The number of thiazole rings is 1. The summed E-state index contributed by atoms with van der Waals surface area (Å²) in [5.74, 6) is 1.08. The highest BCUT2D eigenvalue weighted by molar-refractivity contribution is 7.09. The monoisotopic (exact) mass is 346 g/mol. The largest absolute Gasteiger partial charge is 0.478 e. The second-order valence-electron chi connectivity index (χ2n) is 5.90. The third-order valence-corrected chi connectivity index (χ3v) is 4.87. The maximum Gasteiger partial charge on any atom is 0.315 e. The minimum atomic E-state index is -0.172. The van der Waals surface area contributed by atoms with Gasteiger partial charge in [-0.1, -0.05) is 0 Å². The first-order valence-corrected chi connectivity index (χ1v) is 9.07. The Hall–Kier alpha value is -2.15. The van der Waals surface area contributed by atoms with Gasteiger partial charge in [-0.15, -0.1) is 11.3 Å². The third kappa shape index (κ3) is 4.44. The standard InChI is InChI=1S/C17H22N4O2S/c1-3-23-14-8-12(6-7-18-14)9-19-17(22)21-15(13-4-5-13)16-20-11(2)10-24-16/h6-8,10,13,15H,3-5,9H2,1-2H3,(H2,19,21,22)/t15-/m1/s1. The molecule has 3 rings (SSSR count). The average molecular weight is 346 g/mol. The second-order valence-corrected chi connectivity index (χ2v) is 6.79. The van der Waals surface area contributed by atoms with Crippen molar-refractivity contribution in [3.63, 3.8) is 0 Å².